The lowest BCUT2D eigenvalue weighted by molar-refractivity contribution is 1.19. The van der Waals surface area contributed by atoms with E-state index in [4.69, 9.17) is 9.97 Å². The number of aromatic nitrogens is 4. The van der Waals surface area contributed by atoms with Crippen LogP contribution in [0.5, 0.6) is 0 Å². The van der Waals surface area contributed by atoms with E-state index in [-0.39, 0.29) is 0 Å². The lowest BCUT2D eigenvalue weighted by Gasteiger charge is -2.14. The smallest absolute Gasteiger partial charge is 0.0658 e. The van der Waals surface area contributed by atoms with Crippen molar-refractivity contribution in [2.75, 3.05) is 0 Å². The minimum atomic E-state index is 0.919. The van der Waals surface area contributed by atoms with Crippen LogP contribution < -0.4 is 0 Å². The largest absolute Gasteiger partial charge is 0.355 e. The van der Waals surface area contributed by atoms with Gasteiger partial charge in [0.05, 0.1) is 28.5 Å². The Morgan fingerprint density at radius 3 is 1.69 bits per heavy atom. The molecule has 0 amide bonds. The average Bonchev–Trinajstić information content (AvgIpc) is 3.82. The van der Waals surface area contributed by atoms with Gasteiger partial charge in [-0.3, -0.25) is 0 Å². The van der Waals surface area contributed by atoms with E-state index >= 15 is 0 Å². The second kappa shape index (κ2) is 8.88. The number of aromatic amines is 1. The van der Waals surface area contributed by atoms with Crippen LogP contribution in [-0.4, -0.2) is 19.5 Å². The highest BCUT2D eigenvalue weighted by Crippen LogP contribution is 2.35. The Hall–Kier alpha value is -5.74. The van der Waals surface area contributed by atoms with Gasteiger partial charge in [-0.1, -0.05) is 48.5 Å². The quantitative estimate of drug-likeness (QED) is 0.168. The molecule has 3 aromatic heterocycles. The van der Waals surface area contributed by atoms with Crippen LogP contribution in [0.15, 0.2) is 115 Å². The molecule has 0 saturated heterocycles. The third kappa shape index (κ3) is 3.77. The molecule has 9 rings (SSSR count). The van der Waals surface area contributed by atoms with Gasteiger partial charge in [0.15, 0.2) is 0 Å². The second-order valence-corrected chi connectivity index (χ2v) is 10.9. The molecular formula is C38H24N4. The zero-order chi connectivity index (χ0) is 27.6. The summed E-state index contributed by atoms with van der Waals surface area (Å²) in [6.45, 7) is 0. The van der Waals surface area contributed by atoms with Gasteiger partial charge in [0, 0.05) is 27.5 Å². The van der Waals surface area contributed by atoms with Crippen LogP contribution in [0, 0.1) is 0 Å². The first kappa shape index (κ1) is 23.0. The summed E-state index contributed by atoms with van der Waals surface area (Å²) in [5, 5.41) is 7.40. The van der Waals surface area contributed by atoms with E-state index in [1.165, 1.54) is 32.3 Å². The lowest BCUT2D eigenvalue weighted by Crippen LogP contribution is -1.96. The molecule has 0 atom stereocenters. The predicted octanol–water partition coefficient (Wildman–Crippen LogP) is 9.58. The van der Waals surface area contributed by atoms with Gasteiger partial charge < -0.3 is 9.55 Å². The normalized spacial score (nSPS) is 12.6. The van der Waals surface area contributed by atoms with Gasteiger partial charge in [0.2, 0.25) is 0 Å². The number of hydrogen-bond acceptors (Lipinski definition) is 2. The van der Waals surface area contributed by atoms with Crippen molar-refractivity contribution < 1.29 is 0 Å². The van der Waals surface area contributed by atoms with E-state index in [0.717, 1.165) is 50.5 Å². The fourth-order valence-electron chi connectivity index (χ4n) is 6.27. The molecule has 4 aromatic carbocycles. The first-order chi connectivity index (χ1) is 20.7. The Morgan fingerprint density at radius 2 is 1.02 bits per heavy atom. The van der Waals surface area contributed by atoms with Crippen LogP contribution in [0.4, 0.5) is 0 Å². The molecule has 4 heteroatoms. The van der Waals surface area contributed by atoms with Crippen molar-refractivity contribution in [3.05, 3.63) is 138 Å². The molecule has 2 aliphatic heterocycles. The molecule has 196 valence electrons. The summed E-state index contributed by atoms with van der Waals surface area (Å²) in [4.78, 5) is 13.3. The highest BCUT2D eigenvalue weighted by molar-refractivity contribution is 6.15. The molecule has 2 aliphatic rings. The molecule has 0 fully saturated rings. The summed E-state index contributed by atoms with van der Waals surface area (Å²) < 4.78 is 2.34. The van der Waals surface area contributed by atoms with E-state index in [1.807, 2.05) is 0 Å². The Kier molecular flexibility index (Phi) is 4.87. The monoisotopic (exact) mass is 536 g/mol. The molecule has 0 spiro atoms. The van der Waals surface area contributed by atoms with Crippen molar-refractivity contribution in [1.82, 2.24) is 19.5 Å². The minimum Gasteiger partial charge on any atom is -0.355 e. The fourth-order valence-corrected chi connectivity index (χ4v) is 6.27. The van der Waals surface area contributed by atoms with Gasteiger partial charge in [-0.25, -0.2) is 9.97 Å². The van der Waals surface area contributed by atoms with E-state index < -0.39 is 0 Å². The third-order valence-electron chi connectivity index (χ3n) is 8.18. The van der Waals surface area contributed by atoms with Crippen molar-refractivity contribution in [3.63, 3.8) is 0 Å². The second-order valence-electron chi connectivity index (χ2n) is 10.9. The van der Waals surface area contributed by atoms with Crippen molar-refractivity contribution >= 4 is 78.7 Å². The number of fused-ring (bicyclic) bond motifs is 12. The van der Waals surface area contributed by atoms with E-state index in [2.05, 4.69) is 149 Å². The number of nitrogens with one attached hydrogen (secondary N) is 1. The minimum absolute atomic E-state index is 0.919. The van der Waals surface area contributed by atoms with Crippen molar-refractivity contribution in [3.8, 4) is 5.69 Å². The number of rotatable bonds is 1. The molecule has 42 heavy (non-hydrogen) atoms. The van der Waals surface area contributed by atoms with Crippen LogP contribution >= 0.6 is 0 Å². The van der Waals surface area contributed by atoms with Gasteiger partial charge in [-0.05, 0) is 118 Å². The number of hydrogen-bond donors (Lipinski definition) is 1. The van der Waals surface area contributed by atoms with Crippen molar-refractivity contribution in [1.29, 1.82) is 0 Å². The first-order valence-electron chi connectivity index (χ1n) is 14.2. The molecule has 8 bridgehead atoms. The highest BCUT2D eigenvalue weighted by Gasteiger charge is 2.12. The summed E-state index contributed by atoms with van der Waals surface area (Å²) in [7, 11) is 0. The number of benzene rings is 4. The summed E-state index contributed by atoms with van der Waals surface area (Å²) in [5.41, 5.74) is 8.95. The zero-order valence-corrected chi connectivity index (χ0v) is 22.6. The lowest BCUT2D eigenvalue weighted by atomic mass is 9.97. The van der Waals surface area contributed by atoms with Crippen LogP contribution in [-0.2, 0) is 0 Å². The first-order valence-corrected chi connectivity index (χ1v) is 14.2. The molecule has 0 unspecified atom stereocenters. The van der Waals surface area contributed by atoms with Gasteiger partial charge in [0.25, 0.3) is 0 Å². The molecule has 0 saturated carbocycles. The predicted molar refractivity (Wildman–Crippen MR) is 176 cm³/mol. The molecule has 7 aromatic rings. The Morgan fingerprint density at radius 1 is 0.452 bits per heavy atom. The summed E-state index contributed by atoms with van der Waals surface area (Å²) >= 11 is 0. The maximum atomic E-state index is 4.92. The number of nitrogens with zero attached hydrogens (tertiary/aromatic N) is 3. The topological polar surface area (TPSA) is 46.5 Å². The van der Waals surface area contributed by atoms with Gasteiger partial charge >= 0.3 is 0 Å². The zero-order valence-electron chi connectivity index (χ0n) is 22.6. The van der Waals surface area contributed by atoms with Crippen LogP contribution in [0.1, 0.15) is 22.8 Å². The maximum Gasteiger partial charge on any atom is 0.0658 e. The molecular weight excluding hydrogens is 512 g/mol. The maximum absolute atomic E-state index is 4.92. The van der Waals surface area contributed by atoms with Crippen molar-refractivity contribution in [2.45, 2.75) is 0 Å². The third-order valence-corrected chi connectivity index (χ3v) is 8.18. The molecule has 4 nitrogen and oxygen atoms in total. The molecule has 5 heterocycles. The standard InChI is InChI=1S/C38H24N4/c1-2-5-26-19-36-27(18-25(26)4-1)9-8-24-6-3-7-37(38(24)36)42-34-16-17-35(42)23-33-15-13-31(41-33)21-29-11-10-28(39-29)20-30-12-14-32(22-34)40-30/h1-23,39H. The van der Waals surface area contributed by atoms with Crippen LogP contribution in [0.2, 0.25) is 0 Å². The summed E-state index contributed by atoms with van der Waals surface area (Å²) in [5.74, 6) is 0. The Labute approximate surface area is 241 Å². The van der Waals surface area contributed by atoms with Gasteiger partial charge in [0.1, 0.15) is 0 Å². The van der Waals surface area contributed by atoms with E-state index in [0.29, 0.717) is 0 Å². The molecule has 0 radical (unpaired) electrons. The van der Waals surface area contributed by atoms with Crippen LogP contribution in [0.25, 0.3) is 84.4 Å². The molecule has 1 N–H and O–H groups in total. The summed E-state index contributed by atoms with van der Waals surface area (Å²) in [6, 6.07) is 41.2. The van der Waals surface area contributed by atoms with Gasteiger partial charge in [-0.2, -0.15) is 0 Å². The van der Waals surface area contributed by atoms with Crippen LogP contribution in [0.3, 0.4) is 0 Å². The average molecular weight is 537 g/mol. The Bertz CT molecular complexity index is 2380. The van der Waals surface area contributed by atoms with E-state index in [9.17, 15) is 0 Å². The number of H-pyrrole nitrogens is 1. The van der Waals surface area contributed by atoms with Gasteiger partial charge in [-0.15, -0.1) is 0 Å². The van der Waals surface area contributed by atoms with Crippen molar-refractivity contribution in [2.24, 2.45) is 0 Å². The van der Waals surface area contributed by atoms with E-state index in [1.54, 1.807) is 0 Å². The summed E-state index contributed by atoms with van der Waals surface area (Å²) in [6.07, 6.45) is 8.29. The molecule has 0 aliphatic carbocycles. The SMILES string of the molecule is C1=Cc2cc3ccc(cc4nc(cc5ccc(cc1n2)[nH]5)C=C4)n3-c1cccc2ccc3cc4ccccc4cc3c12. The highest BCUT2D eigenvalue weighted by atomic mass is 15.0. The fraction of sp³-hybridized carbons (Fsp3) is 0. The Balaban J connectivity index is 1.41.